The lowest BCUT2D eigenvalue weighted by atomic mass is 9.98. The van der Waals surface area contributed by atoms with E-state index in [2.05, 4.69) is 10.6 Å². The second-order valence-electron chi connectivity index (χ2n) is 6.36. The van der Waals surface area contributed by atoms with Crippen LogP contribution >= 0.6 is 0 Å². The topological polar surface area (TPSA) is 87.7 Å². The summed E-state index contributed by atoms with van der Waals surface area (Å²) in [7, 11) is 0. The molecule has 0 spiro atoms. The number of piperidine rings is 1. The number of hydrogen-bond acceptors (Lipinski definition) is 4. The number of halogens is 1. The first kappa shape index (κ1) is 20.7. The molecule has 0 bridgehead atoms. The van der Waals surface area contributed by atoms with Gasteiger partial charge in [0, 0.05) is 26.2 Å². The molecule has 1 aromatic carbocycles. The van der Waals surface area contributed by atoms with Crippen LogP contribution in [0.1, 0.15) is 36.5 Å². The Bertz CT molecular complexity index is 668. The summed E-state index contributed by atoms with van der Waals surface area (Å²) in [6, 6.07) is 5.54. The zero-order valence-corrected chi connectivity index (χ0v) is 15.5. The van der Waals surface area contributed by atoms with E-state index in [1.807, 2.05) is 0 Å². The van der Waals surface area contributed by atoms with Gasteiger partial charge in [0.15, 0.2) is 0 Å². The van der Waals surface area contributed by atoms with Crippen molar-refractivity contribution in [3.8, 4) is 0 Å². The Labute approximate surface area is 158 Å². The highest BCUT2D eigenvalue weighted by atomic mass is 19.1. The van der Waals surface area contributed by atoms with E-state index >= 15 is 0 Å². The summed E-state index contributed by atoms with van der Waals surface area (Å²) in [6.45, 7) is 3.74. The van der Waals surface area contributed by atoms with Crippen LogP contribution < -0.4 is 10.6 Å². The predicted octanol–water partition coefficient (Wildman–Crippen LogP) is 1.93. The van der Waals surface area contributed by atoms with E-state index in [4.69, 9.17) is 4.74 Å². The fourth-order valence-corrected chi connectivity index (χ4v) is 2.95. The molecule has 1 atom stereocenters. The van der Waals surface area contributed by atoms with Gasteiger partial charge in [-0.1, -0.05) is 12.1 Å². The molecule has 2 N–H and O–H groups in total. The van der Waals surface area contributed by atoms with Gasteiger partial charge in [0.2, 0.25) is 0 Å². The molecular formula is C19H26FN3O4. The molecular weight excluding hydrogens is 353 g/mol. The summed E-state index contributed by atoms with van der Waals surface area (Å²) >= 11 is 0. The third-order valence-corrected chi connectivity index (χ3v) is 4.36. The van der Waals surface area contributed by atoms with Gasteiger partial charge in [0.1, 0.15) is 5.82 Å². The summed E-state index contributed by atoms with van der Waals surface area (Å²) in [6.07, 6.45) is 2.00. The predicted molar refractivity (Wildman–Crippen MR) is 97.7 cm³/mol. The van der Waals surface area contributed by atoms with Crippen molar-refractivity contribution < 1.29 is 23.5 Å². The average Bonchev–Trinajstić information content (AvgIpc) is 2.68. The molecule has 1 aromatic rings. The fraction of sp³-hybridized carbons (Fsp3) is 0.526. The number of carbonyl (C=O) groups excluding carboxylic acids is 3. The van der Waals surface area contributed by atoms with Crippen LogP contribution in [0.15, 0.2) is 24.3 Å². The van der Waals surface area contributed by atoms with Gasteiger partial charge in [-0.3, -0.25) is 9.59 Å². The number of carbonyl (C=O) groups is 3. The van der Waals surface area contributed by atoms with E-state index in [9.17, 15) is 18.8 Å². The number of nitrogens with one attached hydrogen (secondary N) is 2. The van der Waals surface area contributed by atoms with Crippen LogP contribution in [0.2, 0.25) is 0 Å². The van der Waals surface area contributed by atoms with Gasteiger partial charge < -0.3 is 20.3 Å². The monoisotopic (exact) mass is 379 g/mol. The Morgan fingerprint density at radius 2 is 1.96 bits per heavy atom. The summed E-state index contributed by atoms with van der Waals surface area (Å²) in [5, 5.41) is 5.40. The van der Waals surface area contributed by atoms with Crippen molar-refractivity contribution in [2.75, 3.05) is 32.8 Å². The first-order chi connectivity index (χ1) is 13.0. The van der Waals surface area contributed by atoms with Gasteiger partial charge in [-0.15, -0.1) is 0 Å². The van der Waals surface area contributed by atoms with E-state index in [1.165, 1.54) is 18.2 Å². The molecule has 1 unspecified atom stereocenters. The Kier molecular flexibility index (Phi) is 8.03. The molecule has 1 fully saturated rings. The van der Waals surface area contributed by atoms with Gasteiger partial charge in [-0.25, -0.2) is 9.18 Å². The third kappa shape index (κ3) is 6.23. The first-order valence-corrected chi connectivity index (χ1v) is 9.25. The van der Waals surface area contributed by atoms with Crippen molar-refractivity contribution in [1.82, 2.24) is 15.5 Å². The highest BCUT2D eigenvalue weighted by Gasteiger charge is 2.29. The summed E-state index contributed by atoms with van der Waals surface area (Å²) in [4.78, 5) is 37.5. The highest BCUT2D eigenvalue weighted by Crippen LogP contribution is 2.17. The van der Waals surface area contributed by atoms with Crippen LogP contribution in [-0.2, 0) is 9.53 Å². The van der Waals surface area contributed by atoms with Crippen LogP contribution in [0.3, 0.4) is 0 Å². The fourth-order valence-electron chi connectivity index (χ4n) is 2.95. The number of nitrogens with zero attached hydrogens (tertiary/aromatic N) is 1. The number of hydrogen-bond donors (Lipinski definition) is 2. The normalized spacial score (nSPS) is 16.5. The molecule has 0 aliphatic carbocycles. The molecule has 1 heterocycles. The van der Waals surface area contributed by atoms with Gasteiger partial charge in [0.25, 0.3) is 5.91 Å². The molecule has 0 saturated carbocycles. The minimum Gasteiger partial charge on any atom is -0.466 e. The van der Waals surface area contributed by atoms with Crippen molar-refractivity contribution in [1.29, 1.82) is 0 Å². The van der Waals surface area contributed by atoms with Crippen molar-refractivity contribution in [2.24, 2.45) is 5.92 Å². The number of amides is 3. The molecule has 8 heteroatoms. The lowest BCUT2D eigenvalue weighted by molar-refractivity contribution is -0.149. The largest absolute Gasteiger partial charge is 0.466 e. The van der Waals surface area contributed by atoms with Crippen LogP contribution in [-0.4, -0.2) is 55.6 Å². The second-order valence-corrected chi connectivity index (χ2v) is 6.36. The van der Waals surface area contributed by atoms with Crippen molar-refractivity contribution in [3.05, 3.63) is 35.6 Å². The second kappa shape index (κ2) is 10.5. The van der Waals surface area contributed by atoms with Gasteiger partial charge in [-0.05, 0) is 38.3 Å². The summed E-state index contributed by atoms with van der Waals surface area (Å²) in [5.74, 6) is -1.58. The van der Waals surface area contributed by atoms with E-state index in [0.29, 0.717) is 39.2 Å². The first-order valence-electron chi connectivity index (χ1n) is 9.25. The molecule has 3 amide bonds. The molecule has 1 aliphatic rings. The quantitative estimate of drug-likeness (QED) is 0.560. The summed E-state index contributed by atoms with van der Waals surface area (Å²) in [5.41, 5.74) is -0.000130. The van der Waals surface area contributed by atoms with Crippen molar-refractivity contribution in [3.63, 3.8) is 0 Å². The molecule has 1 aliphatic heterocycles. The molecule has 2 rings (SSSR count). The van der Waals surface area contributed by atoms with E-state index in [1.54, 1.807) is 17.9 Å². The maximum atomic E-state index is 13.5. The van der Waals surface area contributed by atoms with E-state index < -0.39 is 11.7 Å². The highest BCUT2D eigenvalue weighted by molar-refractivity contribution is 5.94. The zero-order chi connectivity index (χ0) is 19.6. The van der Waals surface area contributed by atoms with Crippen LogP contribution in [0.4, 0.5) is 9.18 Å². The van der Waals surface area contributed by atoms with Crippen LogP contribution in [0.25, 0.3) is 0 Å². The minimum absolute atomic E-state index is 0.000130. The van der Waals surface area contributed by atoms with Crippen molar-refractivity contribution >= 4 is 17.9 Å². The summed E-state index contributed by atoms with van der Waals surface area (Å²) < 4.78 is 18.5. The van der Waals surface area contributed by atoms with Crippen LogP contribution in [0.5, 0.6) is 0 Å². The molecule has 27 heavy (non-hydrogen) atoms. The van der Waals surface area contributed by atoms with Gasteiger partial charge >= 0.3 is 12.0 Å². The van der Waals surface area contributed by atoms with Gasteiger partial charge in [0.05, 0.1) is 18.1 Å². The standard InChI is InChI=1S/C19H26FN3O4/c1-2-27-18(25)14-7-5-12-23(13-14)19(26)22-11-6-10-21-17(24)15-8-3-4-9-16(15)20/h3-4,8-9,14H,2,5-7,10-13H2,1H3,(H,21,24)(H,22,26). The zero-order valence-electron chi connectivity index (χ0n) is 15.5. The smallest absolute Gasteiger partial charge is 0.317 e. The Balaban J connectivity index is 1.66. The third-order valence-electron chi connectivity index (χ3n) is 4.36. The minimum atomic E-state index is -0.565. The Morgan fingerprint density at radius 1 is 1.22 bits per heavy atom. The number of rotatable bonds is 7. The molecule has 0 aromatic heterocycles. The molecule has 0 radical (unpaired) electrons. The Hall–Kier alpha value is -2.64. The number of ether oxygens (including phenoxy) is 1. The molecule has 1 saturated heterocycles. The van der Waals surface area contributed by atoms with Gasteiger partial charge in [-0.2, -0.15) is 0 Å². The number of likely N-dealkylation sites (tertiary alicyclic amines) is 1. The van der Waals surface area contributed by atoms with Crippen molar-refractivity contribution in [2.45, 2.75) is 26.2 Å². The molecule has 7 nitrogen and oxygen atoms in total. The number of urea groups is 1. The average molecular weight is 379 g/mol. The maximum Gasteiger partial charge on any atom is 0.317 e. The molecule has 148 valence electrons. The van der Waals surface area contributed by atoms with E-state index in [0.717, 1.165) is 12.8 Å². The van der Waals surface area contributed by atoms with E-state index in [-0.39, 0.29) is 23.5 Å². The lowest BCUT2D eigenvalue weighted by Crippen LogP contribution is -2.47. The number of benzene rings is 1. The SMILES string of the molecule is CCOC(=O)C1CCCN(C(=O)NCCCNC(=O)c2ccccc2F)C1. The number of esters is 1. The lowest BCUT2D eigenvalue weighted by Gasteiger charge is -2.31. The Morgan fingerprint density at radius 3 is 2.70 bits per heavy atom. The van der Waals surface area contributed by atoms with Crippen LogP contribution in [0, 0.1) is 11.7 Å². The maximum absolute atomic E-state index is 13.5.